The normalized spacial score (nSPS) is 25.5. The van der Waals surface area contributed by atoms with Gasteiger partial charge in [0, 0.05) is 25.0 Å². The third kappa shape index (κ3) is 4.37. The molecule has 0 aliphatic carbocycles. The van der Waals surface area contributed by atoms with Crippen molar-refractivity contribution in [3.8, 4) is 0 Å². The van der Waals surface area contributed by atoms with Crippen molar-refractivity contribution >= 4 is 5.91 Å². The summed E-state index contributed by atoms with van der Waals surface area (Å²) < 4.78 is 5.94. The van der Waals surface area contributed by atoms with E-state index in [4.69, 9.17) is 4.74 Å². The number of nitrogens with zero attached hydrogens (tertiary/aromatic N) is 1. The summed E-state index contributed by atoms with van der Waals surface area (Å²) in [5.41, 5.74) is 1.22. The quantitative estimate of drug-likeness (QED) is 0.871. The second-order valence-electron chi connectivity index (χ2n) is 7.53. The van der Waals surface area contributed by atoms with E-state index < -0.39 is 0 Å². The zero-order valence-corrected chi connectivity index (χ0v) is 14.9. The van der Waals surface area contributed by atoms with Crippen molar-refractivity contribution in [2.75, 3.05) is 26.2 Å². The largest absolute Gasteiger partial charge is 0.373 e. The van der Waals surface area contributed by atoms with Gasteiger partial charge < -0.3 is 10.1 Å². The zero-order valence-electron chi connectivity index (χ0n) is 14.9. The van der Waals surface area contributed by atoms with Gasteiger partial charge in [-0.15, -0.1) is 0 Å². The Hall–Kier alpha value is -1.39. The van der Waals surface area contributed by atoms with Crippen LogP contribution in [0.4, 0.5) is 0 Å². The summed E-state index contributed by atoms with van der Waals surface area (Å²) in [5, 5.41) is 3.14. The lowest BCUT2D eigenvalue weighted by Crippen LogP contribution is -2.50. The van der Waals surface area contributed by atoms with Gasteiger partial charge >= 0.3 is 0 Å². The second-order valence-corrected chi connectivity index (χ2v) is 7.53. The number of fused-ring (bicyclic) bond motifs is 1. The topological polar surface area (TPSA) is 41.6 Å². The molecule has 0 saturated carbocycles. The molecule has 3 atom stereocenters. The lowest BCUT2D eigenvalue weighted by Gasteiger charge is -2.35. The van der Waals surface area contributed by atoms with Gasteiger partial charge in [-0.25, -0.2) is 0 Å². The van der Waals surface area contributed by atoms with Crippen LogP contribution in [0.15, 0.2) is 30.3 Å². The number of morpholine rings is 1. The molecule has 132 valence electrons. The molecule has 1 aromatic carbocycles. The van der Waals surface area contributed by atoms with Crippen LogP contribution in [0, 0.1) is 11.8 Å². The summed E-state index contributed by atoms with van der Waals surface area (Å²) in [6, 6.07) is 10.9. The van der Waals surface area contributed by atoms with Gasteiger partial charge in [-0.05, 0) is 37.3 Å². The van der Waals surface area contributed by atoms with Gasteiger partial charge in [0.15, 0.2) is 0 Å². The van der Waals surface area contributed by atoms with E-state index in [1.54, 1.807) is 0 Å². The van der Waals surface area contributed by atoms with Crippen LogP contribution in [0.5, 0.6) is 0 Å². The van der Waals surface area contributed by atoms with Crippen molar-refractivity contribution in [2.45, 2.75) is 45.3 Å². The molecule has 2 aliphatic heterocycles. The van der Waals surface area contributed by atoms with Crippen LogP contribution in [0.25, 0.3) is 0 Å². The molecule has 2 fully saturated rings. The first kappa shape index (κ1) is 17.4. The summed E-state index contributed by atoms with van der Waals surface area (Å²) in [4.78, 5) is 15.2. The van der Waals surface area contributed by atoms with E-state index in [1.165, 1.54) is 24.9 Å². The van der Waals surface area contributed by atoms with Crippen LogP contribution < -0.4 is 5.32 Å². The second kappa shape index (κ2) is 8.13. The summed E-state index contributed by atoms with van der Waals surface area (Å²) >= 11 is 0. The first-order chi connectivity index (χ1) is 11.6. The number of hydrogen-bond donors (Lipinski definition) is 1. The molecular formula is C20H30N2O2. The molecule has 3 rings (SSSR count). The average Bonchev–Trinajstić information content (AvgIpc) is 3.06. The summed E-state index contributed by atoms with van der Waals surface area (Å²) in [7, 11) is 0. The number of amides is 1. The number of carbonyl (C=O) groups excluding carboxylic acids is 1. The SMILES string of the molecule is CC(C)C(Cc1ccccc1)C(=O)NCC1CN2CCCC2CO1. The molecule has 1 aromatic rings. The summed E-state index contributed by atoms with van der Waals surface area (Å²) in [6.45, 7) is 7.83. The van der Waals surface area contributed by atoms with E-state index in [-0.39, 0.29) is 17.9 Å². The summed E-state index contributed by atoms with van der Waals surface area (Å²) in [5.74, 6) is 0.483. The van der Waals surface area contributed by atoms with Crippen LogP contribution in [0.2, 0.25) is 0 Å². The number of hydrogen-bond acceptors (Lipinski definition) is 3. The molecule has 2 heterocycles. The zero-order chi connectivity index (χ0) is 16.9. The Balaban J connectivity index is 1.50. The van der Waals surface area contributed by atoms with Gasteiger partial charge in [0.1, 0.15) is 0 Å². The van der Waals surface area contributed by atoms with E-state index >= 15 is 0 Å². The predicted octanol–water partition coefficient (Wildman–Crippen LogP) is 2.48. The minimum absolute atomic E-state index is 0.00975. The van der Waals surface area contributed by atoms with E-state index in [0.29, 0.717) is 18.5 Å². The lowest BCUT2D eigenvalue weighted by molar-refractivity contribution is -0.127. The van der Waals surface area contributed by atoms with E-state index in [0.717, 1.165) is 19.6 Å². The van der Waals surface area contributed by atoms with Gasteiger partial charge in [0.05, 0.1) is 12.7 Å². The molecule has 0 radical (unpaired) electrons. The van der Waals surface area contributed by atoms with Crippen LogP contribution in [0.3, 0.4) is 0 Å². The van der Waals surface area contributed by atoms with Gasteiger partial charge in [0.25, 0.3) is 0 Å². The van der Waals surface area contributed by atoms with E-state index in [1.807, 2.05) is 18.2 Å². The number of carbonyl (C=O) groups is 1. The highest BCUT2D eigenvalue weighted by Crippen LogP contribution is 2.22. The minimum Gasteiger partial charge on any atom is -0.373 e. The average molecular weight is 330 g/mol. The number of ether oxygens (including phenoxy) is 1. The van der Waals surface area contributed by atoms with Crippen LogP contribution in [-0.2, 0) is 16.0 Å². The predicted molar refractivity (Wildman–Crippen MR) is 95.8 cm³/mol. The molecular weight excluding hydrogens is 300 g/mol. The third-order valence-electron chi connectivity index (χ3n) is 5.41. The molecule has 3 unspecified atom stereocenters. The lowest BCUT2D eigenvalue weighted by atomic mass is 9.88. The fourth-order valence-corrected chi connectivity index (χ4v) is 3.85. The van der Waals surface area contributed by atoms with Crippen LogP contribution in [0.1, 0.15) is 32.3 Å². The van der Waals surface area contributed by atoms with Crippen molar-refractivity contribution in [2.24, 2.45) is 11.8 Å². The van der Waals surface area contributed by atoms with Crippen molar-refractivity contribution in [3.63, 3.8) is 0 Å². The van der Waals surface area contributed by atoms with E-state index in [2.05, 4.69) is 36.2 Å². The molecule has 4 nitrogen and oxygen atoms in total. The molecule has 0 bridgehead atoms. The highest BCUT2D eigenvalue weighted by atomic mass is 16.5. The Kier molecular flexibility index (Phi) is 5.90. The van der Waals surface area contributed by atoms with Crippen molar-refractivity contribution in [1.82, 2.24) is 10.2 Å². The molecule has 0 spiro atoms. The maximum atomic E-state index is 12.7. The Labute approximate surface area is 145 Å². The Morgan fingerprint density at radius 3 is 2.88 bits per heavy atom. The highest BCUT2D eigenvalue weighted by molar-refractivity contribution is 5.79. The number of nitrogens with one attached hydrogen (secondary N) is 1. The van der Waals surface area contributed by atoms with Crippen LogP contribution >= 0.6 is 0 Å². The molecule has 24 heavy (non-hydrogen) atoms. The Morgan fingerprint density at radius 2 is 2.12 bits per heavy atom. The van der Waals surface area contributed by atoms with Crippen LogP contribution in [-0.4, -0.2) is 49.2 Å². The van der Waals surface area contributed by atoms with Gasteiger partial charge in [-0.2, -0.15) is 0 Å². The molecule has 1 amide bonds. The molecule has 2 aliphatic rings. The first-order valence-electron chi connectivity index (χ1n) is 9.30. The Morgan fingerprint density at radius 1 is 1.33 bits per heavy atom. The Bertz CT molecular complexity index is 532. The molecule has 0 aromatic heterocycles. The maximum Gasteiger partial charge on any atom is 0.223 e. The van der Waals surface area contributed by atoms with Gasteiger partial charge in [-0.1, -0.05) is 44.2 Å². The summed E-state index contributed by atoms with van der Waals surface area (Å²) in [6.07, 6.45) is 3.46. The van der Waals surface area contributed by atoms with Gasteiger partial charge in [0.2, 0.25) is 5.91 Å². The molecule has 2 saturated heterocycles. The number of rotatable bonds is 6. The minimum atomic E-state index is 0.00975. The maximum absolute atomic E-state index is 12.7. The fourth-order valence-electron chi connectivity index (χ4n) is 3.85. The first-order valence-corrected chi connectivity index (χ1v) is 9.30. The van der Waals surface area contributed by atoms with E-state index in [9.17, 15) is 4.79 Å². The van der Waals surface area contributed by atoms with Gasteiger partial charge in [-0.3, -0.25) is 9.69 Å². The third-order valence-corrected chi connectivity index (χ3v) is 5.41. The van der Waals surface area contributed by atoms with Crippen molar-refractivity contribution < 1.29 is 9.53 Å². The fraction of sp³-hybridized carbons (Fsp3) is 0.650. The standard InChI is InChI=1S/C20H30N2O2/c1-15(2)19(11-16-7-4-3-5-8-16)20(23)21-12-18-13-22-10-6-9-17(22)14-24-18/h3-5,7-8,15,17-19H,6,9-14H2,1-2H3,(H,21,23). The van der Waals surface area contributed by atoms with Crippen molar-refractivity contribution in [1.29, 1.82) is 0 Å². The smallest absolute Gasteiger partial charge is 0.223 e. The highest BCUT2D eigenvalue weighted by Gasteiger charge is 2.32. The monoisotopic (exact) mass is 330 g/mol. The number of benzene rings is 1. The van der Waals surface area contributed by atoms with Crippen molar-refractivity contribution in [3.05, 3.63) is 35.9 Å². The molecule has 1 N–H and O–H groups in total. The molecule has 4 heteroatoms.